The Kier molecular flexibility index (Phi) is 4.40. The van der Waals surface area contributed by atoms with E-state index in [1.807, 2.05) is 60.7 Å². The summed E-state index contributed by atoms with van der Waals surface area (Å²) in [7, 11) is 0. The second-order valence-corrected chi connectivity index (χ2v) is 6.01. The number of furan rings is 1. The van der Waals surface area contributed by atoms with Gasteiger partial charge in [-0.3, -0.25) is 0 Å². The molecule has 0 fully saturated rings. The van der Waals surface area contributed by atoms with Gasteiger partial charge in [-0.2, -0.15) is 0 Å². The average Bonchev–Trinajstić information content (AvgIpc) is 3.07. The van der Waals surface area contributed by atoms with Gasteiger partial charge in [-0.05, 0) is 29.8 Å². The van der Waals surface area contributed by atoms with E-state index < -0.39 is 0 Å². The highest BCUT2D eigenvalue weighted by molar-refractivity contribution is 6.08. The van der Waals surface area contributed by atoms with Crippen LogP contribution in [-0.4, -0.2) is 0 Å². The summed E-state index contributed by atoms with van der Waals surface area (Å²) in [5.41, 5.74) is 4.77. The molecule has 4 aromatic rings. The van der Waals surface area contributed by atoms with E-state index in [0.717, 1.165) is 38.9 Å². The molecule has 0 atom stereocenters. The number of fused-ring (bicyclic) bond motifs is 3. The molecule has 0 aliphatic heterocycles. The second-order valence-electron chi connectivity index (χ2n) is 6.01. The molecule has 4 rings (SSSR count). The van der Waals surface area contributed by atoms with Gasteiger partial charge in [-0.15, -0.1) is 0 Å². The smallest absolute Gasteiger partial charge is 0.158 e. The first kappa shape index (κ1) is 16.0. The zero-order valence-corrected chi connectivity index (χ0v) is 14.4. The molecule has 0 aliphatic rings. The van der Waals surface area contributed by atoms with Crippen LogP contribution in [0, 0.1) is 0 Å². The molecule has 3 aromatic carbocycles. The summed E-state index contributed by atoms with van der Waals surface area (Å²) in [5.74, 6) is 0. The van der Waals surface area contributed by atoms with Crippen molar-refractivity contribution < 1.29 is 4.42 Å². The Morgan fingerprint density at radius 1 is 0.846 bits per heavy atom. The fourth-order valence-electron chi connectivity index (χ4n) is 3.02. The van der Waals surface area contributed by atoms with Crippen molar-refractivity contribution in [1.29, 1.82) is 0 Å². The molecule has 0 spiro atoms. The number of hydrogen-bond acceptors (Lipinski definition) is 2. The summed E-state index contributed by atoms with van der Waals surface area (Å²) < 4.78 is 6.09. The zero-order chi connectivity index (χ0) is 17.8. The van der Waals surface area contributed by atoms with Crippen molar-refractivity contribution in [2.45, 2.75) is 0 Å². The Morgan fingerprint density at radius 2 is 1.62 bits per heavy atom. The molecular weight excluding hydrogens is 318 g/mol. The SMILES string of the molecule is C=C/C=C(\C=C\c1ccccc1)Nc1cccc2c1oc1ccccc12. The monoisotopic (exact) mass is 337 g/mol. The Bertz CT molecular complexity index is 1120. The van der Waals surface area contributed by atoms with E-state index in [1.165, 1.54) is 0 Å². The van der Waals surface area contributed by atoms with Gasteiger partial charge in [0.2, 0.25) is 0 Å². The van der Waals surface area contributed by atoms with E-state index in [4.69, 9.17) is 4.42 Å². The first-order valence-electron chi connectivity index (χ1n) is 8.58. The van der Waals surface area contributed by atoms with Crippen molar-refractivity contribution in [2.24, 2.45) is 0 Å². The predicted molar refractivity (Wildman–Crippen MR) is 111 cm³/mol. The molecule has 126 valence electrons. The molecule has 0 unspecified atom stereocenters. The maximum atomic E-state index is 6.09. The van der Waals surface area contributed by atoms with Crippen molar-refractivity contribution in [3.05, 3.63) is 109 Å². The van der Waals surface area contributed by atoms with Gasteiger partial charge in [-0.1, -0.05) is 79.4 Å². The third kappa shape index (κ3) is 3.17. The minimum Gasteiger partial charge on any atom is -0.454 e. The normalized spacial score (nSPS) is 12.1. The lowest BCUT2D eigenvalue weighted by atomic mass is 10.1. The Morgan fingerprint density at radius 3 is 2.46 bits per heavy atom. The van der Waals surface area contributed by atoms with Crippen LogP contribution in [0.2, 0.25) is 0 Å². The molecule has 1 N–H and O–H groups in total. The van der Waals surface area contributed by atoms with E-state index in [1.54, 1.807) is 6.08 Å². The van der Waals surface area contributed by atoms with Crippen molar-refractivity contribution in [3.8, 4) is 0 Å². The maximum absolute atomic E-state index is 6.09. The summed E-state index contributed by atoms with van der Waals surface area (Å²) in [6.07, 6.45) is 7.83. The lowest BCUT2D eigenvalue weighted by molar-refractivity contribution is 0.670. The van der Waals surface area contributed by atoms with Crippen LogP contribution < -0.4 is 5.32 Å². The number of benzene rings is 3. The average molecular weight is 337 g/mol. The van der Waals surface area contributed by atoms with Gasteiger partial charge in [0.25, 0.3) is 0 Å². The molecule has 2 heteroatoms. The quantitative estimate of drug-likeness (QED) is 0.406. The summed E-state index contributed by atoms with van der Waals surface area (Å²) in [6, 6.07) is 24.5. The molecule has 1 heterocycles. The highest BCUT2D eigenvalue weighted by atomic mass is 16.3. The van der Waals surface area contributed by atoms with E-state index in [2.05, 4.69) is 42.2 Å². The number of nitrogens with one attached hydrogen (secondary N) is 1. The van der Waals surface area contributed by atoms with Gasteiger partial charge >= 0.3 is 0 Å². The summed E-state index contributed by atoms with van der Waals surface area (Å²) in [4.78, 5) is 0. The largest absolute Gasteiger partial charge is 0.454 e. The fraction of sp³-hybridized carbons (Fsp3) is 0. The van der Waals surface area contributed by atoms with Crippen LogP contribution in [0.25, 0.3) is 28.0 Å². The van der Waals surface area contributed by atoms with Gasteiger partial charge in [0.05, 0.1) is 5.69 Å². The molecule has 0 amide bonds. The van der Waals surface area contributed by atoms with Gasteiger partial charge in [0, 0.05) is 16.5 Å². The lowest BCUT2D eigenvalue weighted by Gasteiger charge is -2.07. The van der Waals surface area contributed by atoms with Crippen LogP contribution in [0.3, 0.4) is 0 Å². The minimum absolute atomic E-state index is 0.858. The highest BCUT2D eigenvalue weighted by Gasteiger charge is 2.10. The molecule has 2 nitrogen and oxygen atoms in total. The molecule has 0 saturated carbocycles. The molecule has 0 aliphatic carbocycles. The van der Waals surface area contributed by atoms with Crippen LogP contribution in [0.1, 0.15) is 5.56 Å². The van der Waals surface area contributed by atoms with E-state index in [-0.39, 0.29) is 0 Å². The van der Waals surface area contributed by atoms with Crippen LogP contribution >= 0.6 is 0 Å². The topological polar surface area (TPSA) is 25.2 Å². The van der Waals surface area contributed by atoms with Gasteiger partial charge in [0.1, 0.15) is 5.58 Å². The Balaban J connectivity index is 1.71. The maximum Gasteiger partial charge on any atom is 0.158 e. The van der Waals surface area contributed by atoms with Crippen molar-refractivity contribution in [1.82, 2.24) is 0 Å². The van der Waals surface area contributed by atoms with E-state index in [9.17, 15) is 0 Å². The first-order valence-corrected chi connectivity index (χ1v) is 8.58. The molecule has 0 radical (unpaired) electrons. The third-order valence-corrected chi connectivity index (χ3v) is 4.24. The van der Waals surface area contributed by atoms with Crippen molar-refractivity contribution in [2.75, 3.05) is 5.32 Å². The predicted octanol–water partition coefficient (Wildman–Crippen LogP) is 6.78. The highest BCUT2D eigenvalue weighted by Crippen LogP contribution is 2.33. The molecule has 0 saturated heterocycles. The summed E-state index contributed by atoms with van der Waals surface area (Å²) in [5, 5.41) is 5.70. The first-order chi connectivity index (χ1) is 12.8. The lowest BCUT2D eigenvalue weighted by Crippen LogP contribution is -1.96. The zero-order valence-electron chi connectivity index (χ0n) is 14.4. The van der Waals surface area contributed by atoms with Crippen molar-refractivity contribution >= 4 is 33.7 Å². The standard InChI is InChI=1S/C24H19NO/c1-2-9-19(17-16-18-10-4-3-5-11-18)25-22-14-8-13-21-20-12-6-7-15-23(20)26-24(21)22/h2-17,25H,1H2/b17-16+,19-9+. The number of allylic oxidation sites excluding steroid dienone is 3. The van der Waals surface area contributed by atoms with Gasteiger partial charge in [-0.25, -0.2) is 0 Å². The van der Waals surface area contributed by atoms with Crippen LogP contribution in [0.5, 0.6) is 0 Å². The molecule has 0 bridgehead atoms. The van der Waals surface area contributed by atoms with Gasteiger partial charge < -0.3 is 9.73 Å². The number of rotatable bonds is 5. The van der Waals surface area contributed by atoms with E-state index in [0.29, 0.717) is 0 Å². The number of anilines is 1. The van der Waals surface area contributed by atoms with Crippen LogP contribution in [0.15, 0.2) is 108 Å². The molecular formula is C24H19NO. The summed E-state index contributed by atoms with van der Waals surface area (Å²) >= 11 is 0. The number of para-hydroxylation sites is 2. The van der Waals surface area contributed by atoms with Crippen LogP contribution in [0.4, 0.5) is 5.69 Å². The van der Waals surface area contributed by atoms with Crippen molar-refractivity contribution in [3.63, 3.8) is 0 Å². The molecule has 1 aromatic heterocycles. The number of hydrogen-bond donors (Lipinski definition) is 1. The van der Waals surface area contributed by atoms with Gasteiger partial charge in [0.15, 0.2) is 5.58 Å². The summed E-state index contributed by atoms with van der Waals surface area (Å²) in [6.45, 7) is 3.82. The fourth-order valence-corrected chi connectivity index (χ4v) is 3.02. The second kappa shape index (κ2) is 7.16. The minimum atomic E-state index is 0.858. The van der Waals surface area contributed by atoms with Crippen LogP contribution in [-0.2, 0) is 0 Å². The third-order valence-electron chi connectivity index (χ3n) is 4.24. The Hall–Kier alpha value is -3.52. The Labute approximate surface area is 152 Å². The molecule has 26 heavy (non-hydrogen) atoms. The van der Waals surface area contributed by atoms with E-state index >= 15 is 0 Å².